The zero-order chi connectivity index (χ0) is 21.1. The number of rotatable bonds is 7. The first-order chi connectivity index (χ1) is 14.5. The van der Waals surface area contributed by atoms with E-state index in [-0.39, 0.29) is 29.2 Å². The van der Waals surface area contributed by atoms with Gasteiger partial charge in [-0.2, -0.15) is 0 Å². The molecule has 0 bridgehead atoms. The fourth-order valence-electron chi connectivity index (χ4n) is 3.66. The number of fused-ring (bicyclic) bond motifs is 1. The maximum Gasteiger partial charge on any atom is 0.233 e. The van der Waals surface area contributed by atoms with Crippen molar-refractivity contribution in [3.63, 3.8) is 0 Å². The van der Waals surface area contributed by atoms with Crippen LogP contribution in [0.3, 0.4) is 0 Å². The second-order valence-corrected chi connectivity index (χ2v) is 11.4. The number of para-hydroxylation sites is 1. The molecule has 0 N–H and O–H groups in total. The minimum Gasteiger partial charge on any atom is -0.338 e. The van der Waals surface area contributed by atoms with Crippen LogP contribution in [-0.2, 0) is 14.6 Å². The van der Waals surface area contributed by atoms with Crippen LogP contribution >= 0.6 is 23.1 Å². The number of hydrogen-bond acceptors (Lipinski definition) is 7. The Bertz CT molecular complexity index is 1150. The van der Waals surface area contributed by atoms with Gasteiger partial charge in [0.05, 0.1) is 27.7 Å². The number of hydrogen-bond donors (Lipinski definition) is 0. The number of carbonyl (C=O) groups is 1. The third-order valence-electron chi connectivity index (χ3n) is 5.08. The molecule has 4 rings (SSSR count). The van der Waals surface area contributed by atoms with Crippen molar-refractivity contribution in [1.82, 2.24) is 14.9 Å². The summed E-state index contributed by atoms with van der Waals surface area (Å²) in [4.78, 5) is 25.2. The summed E-state index contributed by atoms with van der Waals surface area (Å²) >= 11 is 2.97. The molecule has 0 unspecified atom stereocenters. The molecule has 1 saturated heterocycles. The van der Waals surface area contributed by atoms with Gasteiger partial charge in [-0.05, 0) is 30.4 Å². The first-order valence-electron chi connectivity index (χ1n) is 9.90. The molecule has 6 nitrogen and oxygen atoms in total. The number of thiophene rings is 1. The van der Waals surface area contributed by atoms with Gasteiger partial charge in [0.2, 0.25) is 5.91 Å². The first-order valence-corrected chi connectivity index (χ1v) is 13.6. The first kappa shape index (κ1) is 21.3. The monoisotopic (exact) mass is 461 g/mol. The van der Waals surface area contributed by atoms with Crippen LogP contribution in [0.5, 0.6) is 0 Å². The molecule has 1 aliphatic rings. The summed E-state index contributed by atoms with van der Waals surface area (Å²) in [5.74, 6) is 1.08. The Balaban J connectivity index is 1.57. The molecule has 0 aliphatic carbocycles. The number of aromatic nitrogens is 2. The summed E-state index contributed by atoms with van der Waals surface area (Å²) in [7, 11) is -3.04. The molecule has 1 atom stereocenters. The molecule has 1 aliphatic heterocycles. The Labute approximate surface area is 184 Å². The Morgan fingerprint density at radius 3 is 2.77 bits per heavy atom. The van der Waals surface area contributed by atoms with E-state index in [1.807, 2.05) is 48.7 Å². The standard InChI is InChI=1S/C21H23N3O3S3/c1-2-10-24(15-9-12-30(26,27)14-15)19(25)13-29-21-16-6-3-4-7-17(16)22-20(23-21)18-8-5-11-28-18/h3-8,11,15H,2,9-10,12-14H2,1H3/t15-/m1/s1. The topological polar surface area (TPSA) is 80.2 Å². The third kappa shape index (κ3) is 4.68. The summed E-state index contributed by atoms with van der Waals surface area (Å²) < 4.78 is 23.8. The average molecular weight is 462 g/mol. The molecule has 2 aromatic heterocycles. The lowest BCUT2D eigenvalue weighted by atomic mass is 10.2. The SMILES string of the molecule is CCCN(C(=O)CSc1nc(-c2cccs2)nc2ccccc12)[C@@H]1CCS(=O)(=O)C1. The number of amides is 1. The number of carbonyl (C=O) groups excluding carboxylic acids is 1. The Morgan fingerprint density at radius 2 is 2.07 bits per heavy atom. The van der Waals surface area contributed by atoms with E-state index in [0.717, 1.165) is 27.2 Å². The zero-order valence-electron chi connectivity index (χ0n) is 16.7. The van der Waals surface area contributed by atoms with E-state index in [9.17, 15) is 13.2 Å². The van der Waals surface area contributed by atoms with Crippen LogP contribution < -0.4 is 0 Å². The molecule has 1 fully saturated rings. The van der Waals surface area contributed by atoms with Crippen molar-refractivity contribution in [3.8, 4) is 10.7 Å². The van der Waals surface area contributed by atoms with Gasteiger partial charge in [-0.1, -0.05) is 43.0 Å². The maximum atomic E-state index is 13.0. The molecule has 3 aromatic rings. The Morgan fingerprint density at radius 1 is 1.23 bits per heavy atom. The van der Waals surface area contributed by atoms with Crippen molar-refractivity contribution in [3.05, 3.63) is 41.8 Å². The Hall–Kier alpha value is -1.97. The van der Waals surface area contributed by atoms with Gasteiger partial charge in [-0.3, -0.25) is 4.79 Å². The van der Waals surface area contributed by atoms with E-state index in [4.69, 9.17) is 4.98 Å². The molecule has 1 aromatic carbocycles. The van der Waals surface area contributed by atoms with Crippen molar-refractivity contribution >= 4 is 49.7 Å². The highest BCUT2D eigenvalue weighted by Crippen LogP contribution is 2.30. The van der Waals surface area contributed by atoms with Crippen LogP contribution in [0.2, 0.25) is 0 Å². The molecule has 0 radical (unpaired) electrons. The second-order valence-electron chi connectivity index (χ2n) is 7.28. The minimum atomic E-state index is -3.04. The molecule has 9 heteroatoms. The van der Waals surface area contributed by atoms with Crippen LogP contribution in [0.25, 0.3) is 21.6 Å². The predicted molar refractivity (Wildman–Crippen MR) is 123 cm³/mol. The lowest BCUT2D eigenvalue weighted by molar-refractivity contribution is -0.130. The summed E-state index contributed by atoms with van der Waals surface area (Å²) in [6, 6.07) is 11.5. The van der Waals surface area contributed by atoms with Crippen LogP contribution in [0.4, 0.5) is 0 Å². The van der Waals surface area contributed by atoms with Gasteiger partial charge in [-0.25, -0.2) is 18.4 Å². The average Bonchev–Trinajstić information content (AvgIpc) is 3.39. The summed E-state index contributed by atoms with van der Waals surface area (Å²) in [5, 5.41) is 3.68. The fraction of sp³-hybridized carbons (Fsp3) is 0.381. The van der Waals surface area contributed by atoms with Crippen LogP contribution in [-0.4, -0.2) is 59.0 Å². The van der Waals surface area contributed by atoms with Crippen molar-refractivity contribution in [1.29, 1.82) is 0 Å². The largest absolute Gasteiger partial charge is 0.338 e. The van der Waals surface area contributed by atoms with Crippen LogP contribution in [0.15, 0.2) is 46.8 Å². The van der Waals surface area contributed by atoms with Gasteiger partial charge in [0.15, 0.2) is 15.7 Å². The number of benzene rings is 1. The third-order valence-corrected chi connectivity index (χ3v) is 8.67. The Kier molecular flexibility index (Phi) is 6.40. The van der Waals surface area contributed by atoms with Gasteiger partial charge in [-0.15, -0.1) is 11.3 Å². The molecule has 0 saturated carbocycles. The van der Waals surface area contributed by atoms with Crippen molar-refractivity contribution in [2.75, 3.05) is 23.8 Å². The van der Waals surface area contributed by atoms with E-state index in [1.54, 1.807) is 16.2 Å². The highest BCUT2D eigenvalue weighted by Gasteiger charge is 2.34. The van der Waals surface area contributed by atoms with Gasteiger partial charge in [0.25, 0.3) is 0 Å². The molecule has 30 heavy (non-hydrogen) atoms. The van der Waals surface area contributed by atoms with E-state index in [2.05, 4.69) is 4.98 Å². The van der Waals surface area contributed by atoms with Gasteiger partial charge < -0.3 is 4.90 Å². The highest BCUT2D eigenvalue weighted by atomic mass is 32.2. The van der Waals surface area contributed by atoms with E-state index >= 15 is 0 Å². The minimum absolute atomic E-state index is 0.0377. The zero-order valence-corrected chi connectivity index (χ0v) is 19.1. The van der Waals surface area contributed by atoms with Crippen molar-refractivity contribution in [2.45, 2.75) is 30.8 Å². The molecule has 1 amide bonds. The smallest absolute Gasteiger partial charge is 0.233 e. The molecule has 158 valence electrons. The van der Waals surface area contributed by atoms with Crippen LogP contribution in [0, 0.1) is 0 Å². The normalized spacial score (nSPS) is 18.0. The van der Waals surface area contributed by atoms with E-state index in [0.29, 0.717) is 18.8 Å². The maximum absolute atomic E-state index is 13.0. The number of nitrogens with zero attached hydrogens (tertiary/aromatic N) is 3. The summed E-state index contributed by atoms with van der Waals surface area (Å²) in [6.45, 7) is 2.58. The van der Waals surface area contributed by atoms with Crippen LogP contribution in [0.1, 0.15) is 19.8 Å². The van der Waals surface area contributed by atoms with Gasteiger partial charge in [0.1, 0.15) is 5.03 Å². The molecular formula is C21H23N3O3S3. The van der Waals surface area contributed by atoms with E-state index < -0.39 is 9.84 Å². The summed E-state index contributed by atoms with van der Waals surface area (Å²) in [6.07, 6.45) is 1.32. The molecular weight excluding hydrogens is 438 g/mol. The highest BCUT2D eigenvalue weighted by molar-refractivity contribution is 8.00. The fourth-order valence-corrected chi connectivity index (χ4v) is 6.95. The molecule has 3 heterocycles. The number of sulfone groups is 1. The lowest BCUT2D eigenvalue weighted by Crippen LogP contribution is -2.42. The summed E-state index contributed by atoms with van der Waals surface area (Å²) in [5.41, 5.74) is 0.846. The van der Waals surface area contributed by atoms with Gasteiger partial charge in [0, 0.05) is 18.0 Å². The predicted octanol–water partition coefficient (Wildman–Crippen LogP) is 3.88. The molecule has 0 spiro atoms. The lowest BCUT2D eigenvalue weighted by Gasteiger charge is -2.27. The van der Waals surface area contributed by atoms with Crippen molar-refractivity contribution < 1.29 is 13.2 Å². The van der Waals surface area contributed by atoms with Gasteiger partial charge >= 0.3 is 0 Å². The number of thioether (sulfide) groups is 1. The van der Waals surface area contributed by atoms with E-state index in [1.165, 1.54) is 11.8 Å². The quantitative estimate of drug-likeness (QED) is 0.392. The van der Waals surface area contributed by atoms with Crippen molar-refractivity contribution in [2.24, 2.45) is 0 Å². The second kappa shape index (κ2) is 9.03.